The van der Waals surface area contributed by atoms with Crippen molar-refractivity contribution in [1.82, 2.24) is 29.0 Å². The monoisotopic (exact) mass is 490 g/mol. The van der Waals surface area contributed by atoms with Crippen molar-refractivity contribution >= 4 is 16.7 Å². The average Bonchev–Trinajstić information content (AvgIpc) is 3.52. The Morgan fingerprint density at radius 1 is 0.946 bits per heavy atom. The molecule has 0 bridgehead atoms. The smallest absolute Gasteiger partial charge is 0.333 e. The molecule has 0 saturated carbocycles. The zero-order valence-electron chi connectivity index (χ0n) is 20.7. The quantitative estimate of drug-likeness (QED) is 0.415. The Hall–Kier alpha value is -4.68. The highest BCUT2D eigenvalue weighted by atomic mass is 16.1. The maximum Gasteiger partial charge on any atom is 0.333 e. The number of hydrogen-bond acceptors (Lipinski definition) is 6. The number of aromatic amines is 1. The van der Waals surface area contributed by atoms with Gasteiger partial charge in [0.25, 0.3) is 0 Å². The summed E-state index contributed by atoms with van der Waals surface area (Å²) >= 11 is 0. The van der Waals surface area contributed by atoms with Gasteiger partial charge in [0, 0.05) is 74.7 Å². The summed E-state index contributed by atoms with van der Waals surface area (Å²) < 4.78 is 3.19. The number of aromatic nitrogens is 5. The highest BCUT2D eigenvalue weighted by Crippen LogP contribution is 2.29. The third-order valence-corrected chi connectivity index (χ3v) is 6.96. The maximum absolute atomic E-state index is 13.3. The van der Waals surface area contributed by atoms with Crippen LogP contribution < -0.4 is 10.6 Å². The van der Waals surface area contributed by atoms with E-state index in [0.717, 1.165) is 54.0 Å². The standard InChI is InChI=1S/C28H26N8O/c1-33-7-9-35(10-8-33)23-11-19(16-29)12-24(15-23)36-26(18-34(2)28(36)37)25-14-20(3-5-30-25)22-13-21-4-6-31-27(21)32-17-22/h3-6,11-15,17-18H,7-10H2,1-2H3,(H,31,32). The number of piperazine rings is 1. The van der Waals surface area contributed by atoms with Gasteiger partial charge in [-0.15, -0.1) is 0 Å². The molecule has 5 heterocycles. The van der Waals surface area contributed by atoms with E-state index < -0.39 is 0 Å². The zero-order valence-corrected chi connectivity index (χ0v) is 20.7. The van der Waals surface area contributed by atoms with Gasteiger partial charge in [-0.2, -0.15) is 5.26 Å². The molecule has 0 amide bonds. The molecule has 0 atom stereocenters. The van der Waals surface area contributed by atoms with Crippen LogP contribution in [0.2, 0.25) is 0 Å². The van der Waals surface area contributed by atoms with E-state index in [9.17, 15) is 10.1 Å². The van der Waals surface area contributed by atoms with Crippen molar-refractivity contribution in [3.05, 3.63) is 83.3 Å². The van der Waals surface area contributed by atoms with Crippen LogP contribution in [0.5, 0.6) is 0 Å². The van der Waals surface area contributed by atoms with E-state index in [1.54, 1.807) is 34.6 Å². The number of H-pyrrole nitrogens is 1. The van der Waals surface area contributed by atoms with Gasteiger partial charge in [-0.3, -0.25) is 9.55 Å². The van der Waals surface area contributed by atoms with E-state index in [1.165, 1.54) is 0 Å². The van der Waals surface area contributed by atoms with Crippen LogP contribution in [0.3, 0.4) is 0 Å². The van der Waals surface area contributed by atoms with Crippen LogP contribution >= 0.6 is 0 Å². The first-order valence-electron chi connectivity index (χ1n) is 12.2. The first-order chi connectivity index (χ1) is 18.0. The maximum atomic E-state index is 13.3. The molecule has 1 aliphatic rings. The van der Waals surface area contributed by atoms with Crippen molar-refractivity contribution in [3.8, 4) is 34.3 Å². The molecule has 0 aliphatic carbocycles. The number of anilines is 1. The van der Waals surface area contributed by atoms with Gasteiger partial charge in [0.1, 0.15) is 5.65 Å². The molecule has 5 aromatic rings. The summed E-state index contributed by atoms with van der Waals surface area (Å²) in [5.74, 6) is 0. The number of nitrogens with one attached hydrogen (secondary N) is 1. The van der Waals surface area contributed by atoms with Crippen molar-refractivity contribution in [2.75, 3.05) is 38.1 Å². The summed E-state index contributed by atoms with van der Waals surface area (Å²) in [5, 5.41) is 10.8. The molecule has 4 aromatic heterocycles. The molecule has 1 N–H and O–H groups in total. The number of imidazole rings is 1. The van der Waals surface area contributed by atoms with Crippen LogP contribution in [0.25, 0.3) is 39.2 Å². The molecule has 37 heavy (non-hydrogen) atoms. The van der Waals surface area contributed by atoms with Crippen LogP contribution in [-0.4, -0.2) is 62.2 Å². The summed E-state index contributed by atoms with van der Waals surface area (Å²) in [6, 6.07) is 15.9. The van der Waals surface area contributed by atoms with Crippen molar-refractivity contribution in [2.24, 2.45) is 7.05 Å². The fraction of sp³-hybridized carbons (Fsp3) is 0.214. The van der Waals surface area contributed by atoms with Crippen LogP contribution in [0.1, 0.15) is 5.56 Å². The molecular formula is C28H26N8O. The number of hydrogen-bond donors (Lipinski definition) is 1. The molecule has 9 nitrogen and oxygen atoms in total. The van der Waals surface area contributed by atoms with Gasteiger partial charge in [-0.25, -0.2) is 9.78 Å². The number of nitriles is 1. The van der Waals surface area contributed by atoms with E-state index in [0.29, 0.717) is 22.6 Å². The Morgan fingerprint density at radius 3 is 2.57 bits per heavy atom. The normalized spacial score (nSPS) is 14.2. The minimum absolute atomic E-state index is 0.197. The van der Waals surface area contributed by atoms with E-state index in [2.05, 4.69) is 43.9 Å². The van der Waals surface area contributed by atoms with E-state index >= 15 is 0 Å². The lowest BCUT2D eigenvalue weighted by Gasteiger charge is -2.34. The van der Waals surface area contributed by atoms with Gasteiger partial charge in [0.05, 0.1) is 28.7 Å². The van der Waals surface area contributed by atoms with Crippen molar-refractivity contribution in [1.29, 1.82) is 5.26 Å². The lowest BCUT2D eigenvalue weighted by atomic mass is 10.1. The first-order valence-corrected chi connectivity index (χ1v) is 12.2. The van der Waals surface area contributed by atoms with Gasteiger partial charge < -0.3 is 19.4 Å². The third-order valence-electron chi connectivity index (χ3n) is 6.96. The van der Waals surface area contributed by atoms with Gasteiger partial charge in [-0.05, 0) is 55.1 Å². The summed E-state index contributed by atoms with van der Waals surface area (Å²) in [4.78, 5) is 30.1. The first kappa shape index (κ1) is 22.8. The fourth-order valence-electron chi connectivity index (χ4n) is 4.87. The summed E-state index contributed by atoms with van der Waals surface area (Å²) in [6.45, 7) is 3.63. The molecule has 1 aliphatic heterocycles. The summed E-state index contributed by atoms with van der Waals surface area (Å²) in [6.07, 6.45) is 7.23. The summed E-state index contributed by atoms with van der Waals surface area (Å²) in [5.41, 5.74) is 5.97. The number of likely N-dealkylation sites (N-methyl/N-ethyl adjacent to an activating group) is 1. The molecule has 0 radical (unpaired) electrons. The van der Waals surface area contributed by atoms with E-state index in [-0.39, 0.29) is 5.69 Å². The van der Waals surface area contributed by atoms with Crippen molar-refractivity contribution < 1.29 is 0 Å². The number of pyridine rings is 2. The predicted molar refractivity (Wildman–Crippen MR) is 144 cm³/mol. The van der Waals surface area contributed by atoms with E-state index in [4.69, 9.17) is 0 Å². The van der Waals surface area contributed by atoms with Gasteiger partial charge in [0.2, 0.25) is 0 Å². The Balaban J connectivity index is 1.45. The van der Waals surface area contributed by atoms with Crippen LogP contribution in [0, 0.1) is 11.3 Å². The molecule has 0 spiro atoms. The van der Waals surface area contributed by atoms with Crippen molar-refractivity contribution in [3.63, 3.8) is 0 Å². The Bertz CT molecular complexity index is 1710. The van der Waals surface area contributed by atoms with Gasteiger partial charge >= 0.3 is 5.69 Å². The van der Waals surface area contributed by atoms with Crippen molar-refractivity contribution in [2.45, 2.75) is 0 Å². The minimum Gasteiger partial charge on any atom is -0.369 e. The zero-order chi connectivity index (χ0) is 25.5. The molecular weight excluding hydrogens is 464 g/mol. The number of nitrogens with zero attached hydrogens (tertiary/aromatic N) is 7. The largest absolute Gasteiger partial charge is 0.369 e. The van der Waals surface area contributed by atoms with Gasteiger partial charge in [-0.1, -0.05) is 0 Å². The van der Waals surface area contributed by atoms with Crippen LogP contribution in [0.15, 0.2) is 72.0 Å². The SMILES string of the molecule is CN1CCN(c2cc(C#N)cc(-n3c(-c4cc(-c5cnc6[nH]ccc6c5)ccn4)cn(C)c3=O)c2)CC1. The molecule has 1 saturated heterocycles. The number of aryl methyl sites for hydroxylation is 1. The Morgan fingerprint density at radius 2 is 1.76 bits per heavy atom. The topological polar surface area (TPSA) is 98.8 Å². The molecule has 1 fully saturated rings. The van der Waals surface area contributed by atoms with E-state index in [1.807, 2.05) is 42.7 Å². The average molecular weight is 491 g/mol. The highest BCUT2D eigenvalue weighted by Gasteiger charge is 2.19. The lowest BCUT2D eigenvalue weighted by molar-refractivity contribution is 0.313. The van der Waals surface area contributed by atoms with Crippen LogP contribution in [0.4, 0.5) is 5.69 Å². The summed E-state index contributed by atoms with van der Waals surface area (Å²) in [7, 11) is 3.84. The second kappa shape index (κ2) is 9.08. The second-order valence-corrected chi connectivity index (χ2v) is 9.45. The number of benzene rings is 1. The molecule has 1 aromatic carbocycles. The molecule has 6 rings (SSSR count). The second-order valence-electron chi connectivity index (χ2n) is 9.45. The Labute approximate surface area is 213 Å². The third kappa shape index (κ3) is 4.17. The highest BCUT2D eigenvalue weighted by molar-refractivity contribution is 5.82. The predicted octanol–water partition coefficient (Wildman–Crippen LogP) is 3.40. The lowest BCUT2D eigenvalue weighted by Crippen LogP contribution is -2.44. The molecule has 184 valence electrons. The van der Waals surface area contributed by atoms with Crippen LogP contribution in [-0.2, 0) is 7.05 Å². The van der Waals surface area contributed by atoms with Gasteiger partial charge in [0.15, 0.2) is 0 Å². The Kier molecular flexibility index (Phi) is 5.58. The molecule has 9 heteroatoms. The minimum atomic E-state index is -0.197. The number of rotatable bonds is 4. The fourth-order valence-corrected chi connectivity index (χ4v) is 4.87. The molecule has 0 unspecified atom stereocenters. The number of fused-ring (bicyclic) bond motifs is 1.